The summed E-state index contributed by atoms with van der Waals surface area (Å²) in [6, 6.07) is 15.9. The van der Waals surface area contributed by atoms with Gasteiger partial charge in [-0.15, -0.1) is 0 Å². The molecule has 2 amide bonds. The molecule has 1 saturated heterocycles. The molecule has 5 heteroatoms. The van der Waals surface area contributed by atoms with E-state index in [0.717, 1.165) is 18.5 Å². The number of pyridine rings is 1. The lowest BCUT2D eigenvalue weighted by Crippen LogP contribution is -2.46. The molecule has 1 aliphatic rings. The first-order chi connectivity index (χ1) is 12.7. The van der Waals surface area contributed by atoms with E-state index in [0.29, 0.717) is 32.5 Å². The van der Waals surface area contributed by atoms with Gasteiger partial charge in [-0.05, 0) is 30.5 Å². The molecule has 1 aromatic heterocycles. The molecule has 0 bridgehead atoms. The highest BCUT2D eigenvalue weighted by molar-refractivity contribution is 5.83. The SMILES string of the molecule is O=C(NCCc1ccccc1)[C@@H]1CCC(=O)N(CCc2ccccn2)C1. The minimum Gasteiger partial charge on any atom is -0.355 e. The molecule has 1 fully saturated rings. The van der Waals surface area contributed by atoms with E-state index in [9.17, 15) is 9.59 Å². The average Bonchev–Trinajstić information content (AvgIpc) is 2.69. The van der Waals surface area contributed by atoms with Crippen LogP contribution in [0, 0.1) is 5.92 Å². The fourth-order valence-corrected chi connectivity index (χ4v) is 3.26. The normalized spacial score (nSPS) is 17.2. The van der Waals surface area contributed by atoms with Crippen molar-refractivity contribution in [3.63, 3.8) is 0 Å². The summed E-state index contributed by atoms with van der Waals surface area (Å²) in [5.74, 6) is 0.0674. The maximum Gasteiger partial charge on any atom is 0.224 e. The molecular weight excluding hydrogens is 326 g/mol. The van der Waals surface area contributed by atoms with E-state index in [2.05, 4.69) is 22.4 Å². The molecule has 1 aliphatic heterocycles. The summed E-state index contributed by atoms with van der Waals surface area (Å²) < 4.78 is 0. The fourth-order valence-electron chi connectivity index (χ4n) is 3.26. The van der Waals surface area contributed by atoms with Gasteiger partial charge in [-0.1, -0.05) is 36.4 Å². The molecule has 2 heterocycles. The van der Waals surface area contributed by atoms with Crippen molar-refractivity contribution in [3.8, 4) is 0 Å². The number of hydrogen-bond donors (Lipinski definition) is 1. The first-order valence-corrected chi connectivity index (χ1v) is 9.21. The van der Waals surface area contributed by atoms with Crippen LogP contribution in [0.15, 0.2) is 54.7 Å². The van der Waals surface area contributed by atoms with E-state index < -0.39 is 0 Å². The topological polar surface area (TPSA) is 62.3 Å². The number of benzene rings is 1. The van der Waals surface area contributed by atoms with Crippen LogP contribution in [0.5, 0.6) is 0 Å². The van der Waals surface area contributed by atoms with E-state index in [1.807, 2.05) is 36.4 Å². The minimum atomic E-state index is -0.118. The number of nitrogens with one attached hydrogen (secondary N) is 1. The lowest BCUT2D eigenvalue weighted by Gasteiger charge is -2.32. The van der Waals surface area contributed by atoms with Crippen LogP contribution in [0.1, 0.15) is 24.1 Å². The van der Waals surface area contributed by atoms with Gasteiger partial charge < -0.3 is 10.2 Å². The van der Waals surface area contributed by atoms with Crippen molar-refractivity contribution in [1.82, 2.24) is 15.2 Å². The maximum absolute atomic E-state index is 12.5. The second kappa shape index (κ2) is 9.13. The highest BCUT2D eigenvalue weighted by Gasteiger charge is 2.29. The molecular formula is C21H25N3O2. The summed E-state index contributed by atoms with van der Waals surface area (Å²) in [6.07, 6.45) is 4.38. The molecule has 1 atom stereocenters. The van der Waals surface area contributed by atoms with Crippen molar-refractivity contribution in [2.75, 3.05) is 19.6 Å². The number of carbonyl (C=O) groups is 2. The number of piperidine rings is 1. The maximum atomic E-state index is 12.5. The second-order valence-corrected chi connectivity index (χ2v) is 6.67. The molecule has 1 N–H and O–H groups in total. The third-order valence-electron chi connectivity index (χ3n) is 4.79. The van der Waals surface area contributed by atoms with Gasteiger partial charge in [-0.3, -0.25) is 14.6 Å². The predicted octanol–water partition coefficient (Wildman–Crippen LogP) is 2.22. The molecule has 0 radical (unpaired) electrons. The second-order valence-electron chi connectivity index (χ2n) is 6.67. The Morgan fingerprint density at radius 3 is 2.69 bits per heavy atom. The predicted molar refractivity (Wildman–Crippen MR) is 100 cm³/mol. The number of likely N-dealkylation sites (tertiary alicyclic amines) is 1. The Kier molecular flexibility index (Phi) is 6.36. The monoisotopic (exact) mass is 351 g/mol. The molecule has 5 nitrogen and oxygen atoms in total. The van der Waals surface area contributed by atoms with Gasteiger partial charge in [0.1, 0.15) is 0 Å². The molecule has 26 heavy (non-hydrogen) atoms. The average molecular weight is 351 g/mol. The highest BCUT2D eigenvalue weighted by Crippen LogP contribution is 2.18. The minimum absolute atomic E-state index is 0.0521. The standard InChI is InChI=1S/C21H25N3O2/c25-20-10-9-18(16-24(20)15-12-19-8-4-5-13-22-19)21(26)23-14-11-17-6-2-1-3-7-17/h1-8,13,18H,9-12,14-16H2,(H,23,26)/t18-/m1/s1. The quantitative estimate of drug-likeness (QED) is 0.832. The first kappa shape index (κ1) is 18.1. The molecule has 0 saturated carbocycles. The lowest BCUT2D eigenvalue weighted by atomic mass is 9.96. The Labute approximate surface area is 154 Å². The van der Waals surface area contributed by atoms with Crippen LogP contribution < -0.4 is 5.32 Å². The van der Waals surface area contributed by atoms with Gasteiger partial charge in [0.15, 0.2) is 0 Å². The Morgan fingerprint density at radius 1 is 1.12 bits per heavy atom. The molecule has 0 spiro atoms. The van der Waals surface area contributed by atoms with Gasteiger partial charge in [-0.2, -0.15) is 0 Å². The van der Waals surface area contributed by atoms with Gasteiger partial charge in [0, 0.05) is 44.4 Å². The Morgan fingerprint density at radius 2 is 1.92 bits per heavy atom. The van der Waals surface area contributed by atoms with Crippen LogP contribution in [0.3, 0.4) is 0 Å². The van der Waals surface area contributed by atoms with Crippen LogP contribution in [0.25, 0.3) is 0 Å². The summed E-state index contributed by atoms with van der Waals surface area (Å²) in [5, 5.41) is 3.02. The fraction of sp³-hybridized carbons (Fsp3) is 0.381. The van der Waals surface area contributed by atoms with E-state index in [1.165, 1.54) is 5.56 Å². The number of carbonyl (C=O) groups excluding carboxylic acids is 2. The zero-order valence-corrected chi connectivity index (χ0v) is 14.9. The van der Waals surface area contributed by atoms with Gasteiger partial charge in [0.2, 0.25) is 11.8 Å². The van der Waals surface area contributed by atoms with Gasteiger partial charge in [0.05, 0.1) is 5.92 Å². The van der Waals surface area contributed by atoms with Crippen LogP contribution in [-0.4, -0.2) is 41.3 Å². The van der Waals surface area contributed by atoms with Crippen LogP contribution in [-0.2, 0) is 22.4 Å². The molecule has 136 valence electrons. The Bertz CT molecular complexity index is 719. The summed E-state index contributed by atoms with van der Waals surface area (Å²) in [7, 11) is 0. The number of nitrogens with zero attached hydrogens (tertiary/aromatic N) is 2. The molecule has 0 aliphatic carbocycles. The van der Waals surface area contributed by atoms with Crippen molar-refractivity contribution >= 4 is 11.8 Å². The van der Waals surface area contributed by atoms with Crippen molar-refractivity contribution < 1.29 is 9.59 Å². The third-order valence-corrected chi connectivity index (χ3v) is 4.79. The molecule has 0 unspecified atom stereocenters. The first-order valence-electron chi connectivity index (χ1n) is 9.21. The highest BCUT2D eigenvalue weighted by atomic mass is 16.2. The molecule has 2 aromatic rings. The van der Waals surface area contributed by atoms with E-state index in [4.69, 9.17) is 0 Å². The number of rotatable bonds is 7. The largest absolute Gasteiger partial charge is 0.355 e. The third kappa shape index (κ3) is 5.15. The number of hydrogen-bond acceptors (Lipinski definition) is 3. The zero-order valence-electron chi connectivity index (χ0n) is 14.9. The van der Waals surface area contributed by atoms with E-state index >= 15 is 0 Å². The summed E-state index contributed by atoms with van der Waals surface area (Å²) >= 11 is 0. The van der Waals surface area contributed by atoms with Gasteiger partial charge in [0.25, 0.3) is 0 Å². The molecule has 1 aromatic carbocycles. The molecule has 3 rings (SSSR count). The van der Waals surface area contributed by atoms with Crippen LogP contribution >= 0.6 is 0 Å². The van der Waals surface area contributed by atoms with Crippen molar-refractivity contribution in [2.45, 2.75) is 25.7 Å². The van der Waals surface area contributed by atoms with Crippen LogP contribution in [0.4, 0.5) is 0 Å². The summed E-state index contributed by atoms with van der Waals surface area (Å²) in [4.78, 5) is 30.7. The summed E-state index contributed by atoms with van der Waals surface area (Å²) in [6.45, 7) is 1.74. The summed E-state index contributed by atoms with van der Waals surface area (Å²) in [5.41, 5.74) is 2.18. The Balaban J connectivity index is 1.45. The van der Waals surface area contributed by atoms with E-state index in [1.54, 1.807) is 11.1 Å². The zero-order chi connectivity index (χ0) is 18.2. The van der Waals surface area contributed by atoms with Gasteiger partial charge >= 0.3 is 0 Å². The van der Waals surface area contributed by atoms with Crippen molar-refractivity contribution in [3.05, 3.63) is 66.0 Å². The smallest absolute Gasteiger partial charge is 0.224 e. The van der Waals surface area contributed by atoms with Crippen molar-refractivity contribution in [1.29, 1.82) is 0 Å². The van der Waals surface area contributed by atoms with E-state index in [-0.39, 0.29) is 17.7 Å². The lowest BCUT2D eigenvalue weighted by molar-refractivity contribution is -0.138. The van der Waals surface area contributed by atoms with Crippen LogP contribution in [0.2, 0.25) is 0 Å². The Hall–Kier alpha value is -2.69. The van der Waals surface area contributed by atoms with Gasteiger partial charge in [-0.25, -0.2) is 0 Å². The number of amides is 2. The number of aromatic nitrogens is 1. The van der Waals surface area contributed by atoms with Crippen molar-refractivity contribution in [2.24, 2.45) is 5.92 Å².